The summed E-state index contributed by atoms with van der Waals surface area (Å²) < 4.78 is 48.7. The number of pyridine rings is 1. The first-order chi connectivity index (χ1) is 28.5. The Morgan fingerprint density at radius 2 is 1.79 bits per heavy atom. The summed E-state index contributed by atoms with van der Waals surface area (Å²) in [6, 6.07) is 4.81. The van der Waals surface area contributed by atoms with E-state index in [9.17, 15) is 27.6 Å². The summed E-state index contributed by atoms with van der Waals surface area (Å²) in [6.45, 7) is 20.2. The standard InChI is InChI=1S/C44H59N5O10S2/c1-12-16-43(17-18-43)61(54,55)59-39(52)44(22-26(44)13-2)48-36(50)33-20-28(23-49(33)38(51)35(41(5,6)7)47-40(53)58-42(8,9)10)57-34-21-31(37-46-32(24-60-37)25(3)4)45-30-19-27(56-11)14-15-29(30)34/h13-15,19,21,24-26,28,33,35H,2,12,16-18,20,22-23H2,1,3-11H3,(H,47,53)(H,48,50)/t26-,28-,33+,35-,44-/m1/s1. The highest BCUT2D eigenvalue weighted by molar-refractivity contribution is 7.88. The Bertz CT molecular complexity index is 2310. The van der Waals surface area contributed by atoms with Gasteiger partial charge in [-0.1, -0.05) is 54.0 Å². The minimum absolute atomic E-state index is 0.0211. The molecular weight excluding hydrogens is 823 g/mol. The minimum atomic E-state index is -4.30. The number of aromatic nitrogens is 2. The molecule has 1 saturated heterocycles. The van der Waals surface area contributed by atoms with Crippen molar-refractivity contribution in [3.05, 3.63) is 48.0 Å². The fraction of sp³-hybridized carbons (Fsp3) is 0.591. The van der Waals surface area contributed by atoms with E-state index < -0.39 is 79.4 Å². The van der Waals surface area contributed by atoms with Gasteiger partial charge in [0, 0.05) is 35.2 Å². The van der Waals surface area contributed by atoms with E-state index in [0.717, 1.165) is 5.69 Å². The zero-order chi connectivity index (χ0) is 44.9. The molecule has 3 heterocycles. The van der Waals surface area contributed by atoms with Crippen LogP contribution in [0.3, 0.4) is 0 Å². The summed E-state index contributed by atoms with van der Waals surface area (Å²) >= 11 is 1.46. The SMILES string of the molecule is C=C[C@@H]1C[C@]1(NC(=O)[C@@H]1C[C@@H](Oc2cc(-c3nc(C(C)C)cs3)nc3cc(OC)ccc23)CN1C(=O)[C@@H](NC(=O)OC(C)(C)C)C(C)(C)C)C(=O)OS(=O)(=O)C1(CCC)CC1. The zero-order valence-electron chi connectivity index (χ0n) is 36.7. The zero-order valence-corrected chi connectivity index (χ0v) is 38.4. The van der Waals surface area contributed by atoms with Gasteiger partial charge in [0.25, 0.3) is 0 Å². The van der Waals surface area contributed by atoms with Gasteiger partial charge in [0.05, 0.1) is 24.9 Å². The Labute approximate surface area is 362 Å². The Kier molecular flexibility index (Phi) is 12.6. The lowest BCUT2D eigenvalue weighted by Crippen LogP contribution is -2.59. The van der Waals surface area contributed by atoms with Crippen molar-refractivity contribution < 1.29 is 46.0 Å². The smallest absolute Gasteiger partial charge is 0.408 e. The molecular formula is C44H59N5O10S2. The maximum absolute atomic E-state index is 14.8. The number of carbonyl (C=O) groups is 4. The monoisotopic (exact) mass is 881 g/mol. The number of nitrogens with zero attached hydrogens (tertiary/aromatic N) is 3. The molecule has 61 heavy (non-hydrogen) atoms. The van der Waals surface area contributed by atoms with E-state index in [1.54, 1.807) is 66.9 Å². The van der Waals surface area contributed by atoms with Crippen molar-refractivity contribution in [1.82, 2.24) is 25.5 Å². The molecule has 2 aliphatic carbocycles. The number of ether oxygens (including phenoxy) is 3. The van der Waals surface area contributed by atoms with E-state index >= 15 is 0 Å². The summed E-state index contributed by atoms with van der Waals surface area (Å²) in [5.41, 5.74) is -1.36. The van der Waals surface area contributed by atoms with Crippen LogP contribution in [0.25, 0.3) is 21.6 Å². The minimum Gasteiger partial charge on any atom is -0.497 e. The molecule has 5 atom stereocenters. The molecule has 2 aromatic heterocycles. The molecule has 3 fully saturated rings. The van der Waals surface area contributed by atoms with Crippen LogP contribution in [-0.4, -0.2) is 94.9 Å². The van der Waals surface area contributed by atoms with Crippen molar-refractivity contribution >= 4 is 56.2 Å². The topological polar surface area (TPSA) is 192 Å². The van der Waals surface area contributed by atoms with E-state index in [4.69, 9.17) is 28.4 Å². The summed E-state index contributed by atoms with van der Waals surface area (Å²) in [5, 5.41) is 8.85. The van der Waals surface area contributed by atoms with Crippen molar-refractivity contribution in [3.63, 3.8) is 0 Å². The number of hydrogen-bond acceptors (Lipinski definition) is 13. The van der Waals surface area contributed by atoms with Crippen LogP contribution in [0.5, 0.6) is 11.5 Å². The number of carbonyl (C=O) groups excluding carboxylic acids is 4. The molecule has 0 unspecified atom stereocenters. The second-order valence-electron chi connectivity index (χ2n) is 18.8. The molecule has 17 heteroatoms. The first-order valence-corrected chi connectivity index (χ1v) is 23.1. The molecule has 332 valence electrons. The highest BCUT2D eigenvalue weighted by atomic mass is 32.2. The normalized spacial score (nSPS) is 22.6. The number of fused-ring (bicyclic) bond motifs is 1. The van der Waals surface area contributed by atoms with Crippen LogP contribution < -0.4 is 20.1 Å². The van der Waals surface area contributed by atoms with Gasteiger partial charge in [-0.2, -0.15) is 8.42 Å². The maximum atomic E-state index is 14.8. The largest absolute Gasteiger partial charge is 0.497 e. The highest BCUT2D eigenvalue weighted by Crippen LogP contribution is 2.51. The van der Waals surface area contributed by atoms with E-state index in [2.05, 4.69) is 31.1 Å². The Morgan fingerprint density at radius 1 is 1.08 bits per heavy atom. The van der Waals surface area contributed by atoms with E-state index in [-0.39, 0.29) is 25.3 Å². The third-order valence-electron chi connectivity index (χ3n) is 11.5. The summed E-state index contributed by atoms with van der Waals surface area (Å²) in [5.74, 6) is -1.79. The number of benzene rings is 1. The maximum Gasteiger partial charge on any atom is 0.408 e. The second kappa shape index (κ2) is 16.8. The molecule has 2 saturated carbocycles. The average Bonchev–Trinajstić information content (AvgIpc) is 3.99. The average molecular weight is 882 g/mol. The number of methoxy groups -OCH3 is 1. The molecule has 0 bridgehead atoms. The summed E-state index contributed by atoms with van der Waals surface area (Å²) in [6.07, 6.45) is 1.65. The molecule has 3 aromatic rings. The van der Waals surface area contributed by atoms with Gasteiger partial charge in [0.15, 0.2) is 0 Å². The third kappa shape index (κ3) is 9.67. The number of hydrogen-bond donors (Lipinski definition) is 2. The van der Waals surface area contributed by atoms with E-state index in [1.165, 1.54) is 22.3 Å². The predicted molar refractivity (Wildman–Crippen MR) is 232 cm³/mol. The summed E-state index contributed by atoms with van der Waals surface area (Å²) in [7, 11) is -2.73. The molecule has 15 nitrogen and oxygen atoms in total. The van der Waals surface area contributed by atoms with Crippen molar-refractivity contribution in [3.8, 4) is 22.2 Å². The quantitative estimate of drug-likeness (QED) is 0.117. The Balaban J connectivity index is 1.35. The van der Waals surface area contributed by atoms with E-state index in [1.807, 2.05) is 18.4 Å². The molecule has 2 N–H and O–H groups in total. The number of amides is 3. The molecule has 0 radical (unpaired) electrons. The fourth-order valence-corrected chi connectivity index (χ4v) is 10.3. The number of nitrogens with one attached hydrogen (secondary N) is 2. The molecule has 3 amide bonds. The van der Waals surface area contributed by atoms with Crippen LogP contribution in [0, 0.1) is 11.3 Å². The Morgan fingerprint density at radius 3 is 2.34 bits per heavy atom. The molecule has 0 spiro atoms. The Hall–Kier alpha value is -4.77. The number of likely N-dealkylation sites (tertiary alicyclic amines) is 1. The van der Waals surface area contributed by atoms with Gasteiger partial charge in [-0.05, 0) is 69.9 Å². The van der Waals surface area contributed by atoms with Gasteiger partial charge in [-0.3, -0.25) is 9.59 Å². The van der Waals surface area contributed by atoms with Gasteiger partial charge in [-0.15, -0.1) is 17.9 Å². The van der Waals surface area contributed by atoms with Gasteiger partial charge in [0.2, 0.25) is 11.8 Å². The van der Waals surface area contributed by atoms with Crippen LogP contribution in [-0.2, 0) is 33.4 Å². The fourth-order valence-electron chi connectivity index (χ4n) is 7.76. The van der Waals surface area contributed by atoms with Gasteiger partial charge in [0.1, 0.15) is 56.3 Å². The summed E-state index contributed by atoms with van der Waals surface area (Å²) in [4.78, 5) is 67.5. The highest BCUT2D eigenvalue weighted by Gasteiger charge is 2.65. The van der Waals surface area contributed by atoms with Gasteiger partial charge in [-0.25, -0.2) is 19.6 Å². The second-order valence-corrected chi connectivity index (χ2v) is 21.6. The molecule has 1 aromatic carbocycles. The first kappa shape index (κ1) is 45.7. The van der Waals surface area contributed by atoms with Crippen molar-refractivity contribution in [2.45, 2.75) is 141 Å². The lowest BCUT2D eigenvalue weighted by molar-refractivity contribution is -0.145. The first-order valence-electron chi connectivity index (χ1n) is 20.8. The van der Waals surface area contributed by atoms with E-state index in [0.29, 0.717) is 58.8 Å². The number of rotatable bonds is 15. The van der Waals surface area contributed by atoms with Gasteiger partial charge < -0.3 is 33.9 Å². The van der Waals surface area contributed by atoms with Crippen molar-refractivity contribution in [2.24, 2.45) is 11.3 Å². The molecule has 6 rings (SSSR count). The molecule has 1 aliphatic heterocycles. The van der Waals surface area contributed by atoms with Crippen LogP contribution in [0.4, 0.5) is 4.79 Å². The van der Waals surface area contributed by atoms with Crippen LogP contribution in [0.2, 0.25) is 0 Å². The number of alkyl carbamates (subject to hydrolysis) is 1. The third-order valence-corrected chi connectivity index (χ3v) is 14.4. The lowest BCUT2D eigenvalue weighted by Gasteiger charge is -2.36. The van der Waals surface area contributed by atoms with Gasteiger partial charge >= 0.3 is 22.2 Å². The van der Waals surface area contributed by atoms with Crippen molar-refractivity contribution in [2.75, 3.05) is 13.7 Å². The van der Waals surface area contributed by atoms with Crippen molar-refractivity contribution in [1.29, 1.82) is 0 Å². The van der Waals surface area contributed by atoms with Crippen LogP contribution >= 0.6 is 11.3 Å². The predicted octanol–water partition coefficient (Wildman–Crippen LogP) is 7.04. The lowest BCUT2D eigenvalue weighted by atomic mass is 9.85. The number of thiazole rings is 1. The van der Waals surface area contributed by atoms with Crippen LogP contribution in [0.15, 0.2) is 42.3 Å². The molecule has 3 aliphatic rings. The van der Waals surface area contributed by atoms with Crippen LogP contribution in [0.1, 0.15) is 112 Å².